The fourth-order valence-corrected chi connectivity index (χ4v) is 5.88. The number of aromatic nitrogens is 2. The molecular weight excluding hydrogens is 534 g/mol. The van der Waals surface area contributed by atoms with Gasteiger partial charge < -0.3 is 19.3 Å². The Labute approximate surface area is 235 Å². The maximum absolute atomic E-state index is 13.5. The molecule has 2 fully saturated rings. The fraction of sp³-hybridized carbons (Fsp3) is 0.355. The Bertz CT molecular complexity index is 1520. The van der Waals surface area contributed by atoms with Crippen LogP contribution in [0.25, 0.3) is 11.0 Å². The molecule has 2 aliphatic rings. The fourth-order valence-electron chi connectivity index (χ4n) is 5.88. The highest BCUT2D eigenvalue weighted by Gasteiger charge is 2.33. The Morgan fingerprint density at radius 2 is 1.54 bits per heavy atom. The predicted octanol–water partition coefficient (Wildman–Crippen LogP) is 5.81. The molecule has 3 heterocycles. The van der Waals surface area contributed by atoms with Crippen molar-refractivity contribution in [1.29, 1.82) is 0 Å². The number of alkyl halides is 3. The van der Waals surface area contributed by atoms with Crippen molar-refractivity contribution in [3.8, 4) is 0 Å². The first-order chi connectivity index (χ1) is 19.8. The number of para-hydroxylation sites is 2. The van der Waals surface area contributed by atoms with Crippen LogP contribution in [-0.2, 0) is 17.5 Å². The molecular formula is C31H31F4N5O. The number of carbonyl (C=O) groups excluding carboxylic acids is 1. The van der Waals surface area contributed by atoms with Gasteiger partial charge in [-0.1, -0.05) is 30.3 Å². The Hall–Kier alpha value is -4.08. The van der Waals surface area contributed by atoms with Gasteiger partial charge in [0.05, 0.1) is 23.1 Å². The van der Waals surface area contributed by atoms with Gasteiger partial charge in [-0.3, -0.25) is 4.79 Å². The summed E-state index contributed by atoms with van der Waals surface area (Å²) in [5.41, 5.74) is 2.74. The molecule has 0 radical (unpaired) electrons. The van der Waals surface area contributed by atoms with Crippen molar-refractivity contribution in [2.45, 2.75) is 25.6 Å². The van der Waals surface area contributed by atoms with Crippen LogP contribution in [0.5, 0.6) is 0 Å². The normalized spacial score (nSPS) is 16.9. The Kier molecular flexibility index (Phi) is 7.32. The van der Waals surface area contributed by atoms with Crippen LogP contribution >= 0.6 is 0 Å². The number of imidazole rings is 1. The monoisotopic (exact) mass is 565 g/mol. The average Bonchev–Trinajstić information content (AvgIpc) is 3.36. The molecule has 41 heavy (non-hydrogen) atoms. The number of piperazine rings is 1. The molecule has 1 aromatic heterocycles. The van der Waals surface area contributed by atoms with E-state index in [2.05, 4.69) is 9.47 Å². The molecule has 6 nitrogen and oxygen atoms in total. The van der Waals surface area contributed by atoms with Crippen molar-refractivity contribution in [2.75, 3.05) is 49.1 Å². The number of nitrogens with zero attached hydrogens (tertiary/aromatic N) is 5. The zero-order valence-corrected chi connectivity index (χ0v) is 22.5. The van der Waals surface area contributed by atoms with E-state index in [1.165, 1.54) is 24.3 Å². The zero-order chi connectivity index (χ0) is 28.6. The molecule has 0 bridgehead atoms. The van der Waals surface area contributed by atoms with Crippen molar-refractivity contribution in [2.24, 2.45) is 5.92 Å². The number of amides is 1. The molecule has 214 valence electrons. The van der Waals surface area contributed by atoms with Gasteiger partial charge >= 0.3 is 6.18 Å². The van der Waals surface area contributed by atoms with Gasteiger partial charge in [0.1, 0.15) is 5.82 Å². The van der Waals surface area contributed by atoms with E-state index >= 15 is 0 Å². The van der Waals surface area contributed by atoms with Gasteiger partial charge in [0.25, 0.3) is 0 Å². The summed E-state index contributed by atoms with van der Waals surface area (Å²) in [7, 11) is 0. The molecule has 0 saturated carbocycles. The van der Waals surface area contributed by atoms with Crippen LogP contribution < -0.4 is 9.80 Å². The summed E-state index contributed by atoms with van der Waals surface area (Å²) in [6.07, 6.45) is -2.98. The largest absolute Gasteiger partial charge is 0.416 e. The third-order valence-electron chi connectivity index (χ3n) is 8.15. The summed E-state index contributed by atoms with van der Waals surface area (Å²) in [5, 5.41) is 0. The van der Waals surface area contributed by atoms with Gasteiger partial charge in [0.2, 0.25) is 11.9 Å². The van der Waals surface area contributed by atoms with Gasteiger partial charge in [0, 0.05) is 50.9 Å². The van der Waals surface area contributed by atoms with E-state index in [1.807, 2.05) is 34.1 Å². The highest BCUT2D eigenvalue weighted by Crippen LogP contribution is 2.32. The van der Waals surface area contributed by atoms with Crippen LogP contribution in [0.15, 0.2) is 72.8 Å². The van der Waals surface area contributed by atoms with Crippen molar-refractivity contribution in [3.05, 3.63) is 89.7 Å². The molecule has 3 aromatic carbocycles. The molecule has 0 spiro atoms. The van der Waals surface area contributed by atoms with Gasteiger partial charge in [-0.2, -0.15) is 13.2 Å². The van der Waals surface area contributed by atoms with Gasteiger partial charge in [0.15, 0.2) is 0 Å². The maximum Gasteiger partial charge on any atom is 0.416 e. The van der Waals surface area contributed by atoms with Gasteiger partial charge in [-0.05, 0) is 60.9 Å². The number of hydrogen-bond donors (Lipinski definition) is 0. The van der Waals surface area contributed by atoms with Crippen LogP contribution in [0.3, 0.4) is 0 Å². The second-order valence-corrected chi connectivity index (χ2v) is 10.7. The molecule has 6 rings (SSSR count). The van der Waals surface area contributed by atoms with Crippen LogP contribution in [0, 0.1) is 11.7 Å². The minimum atomic E-state index is -4.38. The molecule has 2 saturated heterocycles. The Morgan fingerprint density at radius 3 is 2.24 bits per heavy atom. The third-order valence-corrected chi connectivity index (χ3v) is 8.15. The summed E-state index contributed by atoms with van der Waals surface area (Å²) in [6, 6.07) is 19.8. The lowest BCUT2D eigenvalue weighted by Gasteiger charge is -2.39. The lowest BCUT2D eigenvalue weighted by molar-refractivity contribution is -0.137. The zero-order valence-electron chi connectivity index (χ0n) is 22.5. The smallest absolute Gasteiger partial charge is 0.368 e. The number of fused-ring (bicyclic) bond motifs is 1. The predicted molar refractivity (Wildman–Crippen MR) is 150 cm³/mol. The van der Waals surface area contributed by atoms with Crippen molar-refractivity contribution >= 4 is 28.6 Å². The molecule has 2 aliphatic heterocycles. The highest BCUT2D eigenvalue weighted by atomic mass is 19.4. The van der Waals surface area contributed by atoms with Gasteiger partial charge in [-0.15, -0.1) is 0 Å². The van der Waals surface area contributed by atoms with Crippen LogP contribution in [0.2, 0.25) is 0 Å². The highest BCUT2D eigenvalue weighted by molar-refractivity contribution is 5.80. The minimum Gasteiger partial charge on any atom is -0.368 e. The Balaban J connectivity index is 1.09. The summed E-state index contributed by atoms with van der Waals surface area (Å²) in [4.78, 5) is 24.3. The summed E-state index contributed by atoms with van der Waals surface area (Å²) >= 11 is 0. The number of anilines is 2. The quantitative estimate of drug-likeness (QED) is 0.287. The van der Waals surface area contributed by atoms with E-state index in [0.29, 0.717) is 64.3 Å². The number of piperidine rings is 1. The molecule has 0 unspecified atom stereocenters. The second-order valence-electron chi connectivity index (χ2n) is 10.7. The SMILES string of the molecule is O=C(C1CCN(c2nc3ccccc3n2Cc2ccc(F)cc2)CC1)N1CCN(c2cccc(C(F)(F)F)c2)CC1. The summed E-state index contributed by atoms with van der Waals surface area (Å²) < 4.78 is 55.0. The number of rotatable bonds is 5. The van der Waals surface area contributed by atoms with E-state index in [-0.39, 0.29) is 17.6 Å². The second kappa shape index (κ2) is 11.1. The molecule has 10 heteroatoms. The molecule has 0 N–H and O–H groups in total. The van der Waals surface area contributed by atoms with E-state index in [1.54, 1.807) is 18.2 Å². The molecule has 1 amide bonds. The summed E-state index contributed by atoms with van der Waals surface area (Å²) in [5.74, 6) is 0.596. The molecule has 4 aromatic rings. The van der Waals surface area contributed by atoms with Crippen LogP contribution in [0.1, 0.15) is 24.0 Å². The summed E-state index contributed by atoms with van der Waals surface area (Å²) in [6.45, 7) is 3.91. The number of benzene rings is 3. The molecule has 0 aliphatic carbocycles. The first-order valence-corrected chi connectivity index (χ1v) is 13.9. The number of carbonyl (C=O) groups is 1. The first kappa shape index (κ1) is 27.1. The lowest BCUT2D eigenvalue weighted by Crippen LogP contribution is -2.51. The van der Waals surface area contributed by atoms with E-state index in [9.17, 15) is 22.4 Å². The van der Waals surface area contributed by atoms with E-state index in [0.717, 1.165) is 28.6 Å². The standard InChI is InChI=1S/C31H31F4N5O/c32-25-10-8-22(9-11-25)21-40-28-7-2-1-6-27(28)36-30(40)39-14-12-23(13-15-39)29(41)38-18-16-37(17-19-38)26-5-3-4-24(20-26)31(33,34)35/h1-11,20,23H,12-19,21H2. The topological polar surface area (TPSA) is 44.6 Å². The van der Waals surface area contributed by atoms with Crippen LogP contribution in [0.4, 0.5) is 29.2 Å². The van der Waals surface area contributed by atoms with E-state index in [4.69, 9.17) is 4.98 Å². The van der Waals surface area contributed by atoms with Gasteiger partial charge in [-0.25, -0.2) is 9.37 Å². The minimum absolute atomic E-state index is 0.0960. The first-order valence-electron chi connectivity index (χ1n) is 13.9. The molecule has 0 atom stereocenters. The number of halogens is 4. The van der Waals surface area contributed by atoms with Crippen LogP contribution in [-0.4, -0.2) is 59.6 Å². The third kappa shape index (κ3) is 5.73. The van der Waals surface area contributed by atoms with Crippen molar-refractivity contribution in [3.63, 3.8) is 0 Å². The number of hydrogen-bond acceptors (Lipinski definition) is 4. The van der Waals surface area contributed by atoms with E-state index < -0.39 is 11.7 Å². The lowest BCUT2D eigenvalue weighted by atomic mass is 9.95. The average molecular weight is 566 g/mol. The van der Waals surface area contributed by atoms with Crippen molar-refractivity contribution in [1.82, 2.24) is 14.5 Å². The Morgan fingerprint density at radius 1 is 0.829 bits per heavy atom. The van der Waals surface area contributed by atoms with Crippen molar-refractivity contribution < 1.29 is 22.4 Å². The maximum atomic E-state index is 13.5.